The number of carbonyl (C=O) groups excluding carboxylic acids is 1. The number of carbonyl (C=O) groups is 1. The molecule has 1 N–H and O–H groups in total. The van der Waals surface area contributed by atoms with Crippen molar-refractivity contribution < 1.29 is 14.3 Å². The van der Waals surface area contributed by atoms with Gasteiger partial charge in [-0.15, -0.1) is 0 Å². The summed E-state index contributed by atoms with van der Waals surface area (Å²) in [5.41, 5.74) is 3.46. The number of pyridine rings is 1. The molecule has 174 valence electrons. The quantitative estimate of drug-likeness (QED) is 0.500. The number of fused-ring (bicyclic) bond motifs is 3. The predicted octanol–water partition coefficient (Wildman–Crippen LogP) is 3.07. The van der Waals surface area contributed by atoms with E-state index in [1.54, 1.807) is 22.0 Å². The SMILES string of the molecule is C[C@@H]1COCCN1c1nc2c(cnn2-c2cc[nH]n2)c2c1CCN2C(=O)OCc1ccccc1. The van der Waals surface area contributed by atoms with Gasteiger partial charge >= 0.3 is 6.09 Å². The van der Waals surface area contributed by atoms with Crippen LogP contribution in [0, 0.1) is 0 Å². The average Bonchev–Trinajstić information content (AvgIpc) is 3.62. The van der Waals surface area contributed by atoms with Crippen LogP contribution in [0.4, 0.5) is 16.3 Å². The fraction of sp³-hybridized carbons (Fsp3) is 0.333. The van der Waals surface area contributed by atoms with E-state index >= 15 is 0 Å². The third kappa shape index (κ3) is 3.47. The van der Waals surface area contributed by atoms with Gasteiger partial charge in [-0.25, -0.2) is 9.78 Å². The van der Waals surface area contributed by atoms with Gasteiger partial charge in [-0.3, -0.25) is 10.00 Å². The number of hydrogen-bond acceptors (Lipinski definition) is 7. The fourth-order valence-corrected chi connectivity index (χ4v) is 4.72. The van der Waals surface area contributed by atoms with Crippen molar-refractivity contribution >= 4 is 28.6 Å². The summed E-state index contributed by atoms with van der Waals surface area (Å²) in [7, 11) is 0. The monoisotopic (exact) mass is 459 g/mol. The minimum Gasteiger partial charge on any atom is -0.444 e. The number of morpholine rings is 1. The molecule has 0 radical (unpaired) electrons. The Morgan fingerprint density at radius 3 is 2.91 bits per heavy atom. The van der Waals surface area contributed by atoms with Crippen LogP contribution in [0.15, 0.2) is 48.8 Å². The first-order valence-electron chi connectivity index (χ1n) is 11.4. The number of ether oxygens (including phenoxy) is 2. The van der Waals surface area contributed by atoms with E-state index in [1.165, 1.54) is 0 Å². The number of amides is 1. The summed E-state index contributed by atoms with van der Waals surface area (Å²) in [6.45, 7) is 4.89. The normalized spacial score (nSPS) is 17.9. The Morgan fingerprint density at radius 2 is 2.12 bits per heavy atom. The van der Waals surface area contributed by atoms with Crippen molar-refractivity contribution in [3.8, 4) is 5.82 Å². The molecule has 0 aliphatic carbocycles. The number of nitrogens with one attached hydrogen (secondary N) is 1. The summed E-state index contributed by atoms with van der Waals surface area (Å²) >= 11 is 0. The zero-order valence-corrected chi connectivity index (χ0v) is 18.8. The molecular weight excluding hydrogens is 434 g/mol. The lowest BCUT2D eigenvalue weighted by Crippen LogP contribution is -2.44. The second kappa shape index (κ2) is 8.45. The lowest BCUT2D eigenvalue weighted by atomic mass is 10.1. The highest BCUT2D eigenvalue weighted by Gasteiger charge is 2.35. The highest BCUT2D eigenvalue weighted by Crippen LogP contribution is 2.41. The van der Waals surface area contributed by atoms with Gasteiger partial charge in [0, 0.05) is 30.9 Å². The molecule has 2 aliphatic rings. The minimum absolute atomic E-state index is 0.170. The number of benzene rings is 1. The second-order valence-electron chi connectivity index (χ2n) is 8.55. The summed E-state index contributed by atoms with van der Waals surface area (Å²) in [6, 6.07) is 11.7. The van der Waals surface area contributed by atoms with Gasteiger partial charge in [0.25, 0.3) is 0 Å². The van der Waals surface area contributed by atoms with Gasteiger partial charge < -0.3 is 14.4 Å². The van der Waals surface area contributed by atoms with Crippen molar-refractivity contribution in [3.05, 3.63) is 59.9 Å². The van der Waals surface area contributed by atoms with E-state index in [9.17, 15) is 4.79 Å². The number of aromatic amines is 1. The van der Waals surface area contributed by atoms with Gasteiger partial charge in [0.05, 0.1) is 36.5 Å². The van der Waals surface area contributed by atoms with Gasteiger partial charge in [-0.1, -0.05) is 30.3 Å². The van der Waals surface area contributed by atoms with Gasteiger partial charge in [0.15, 0.2) is 11.5 Å². The molecule has 5 heterocycles. The molecular formula is C24H25N7O3. The third-order valence-corrected chi connectivity index (χ3v) is 6.39. The van der Waals surface area contributed by atoms with Crippen LogP contribution >= 0.6 is 0 Å². The van der Waals surface area contributed by atoms with Gasteiger partial charge in [0.1, 0.15) is 12.4 Å². The maximum absolute atomic E-state index is 13.2. The van der Waals surface area contributed by atoms with Crippen molar-refractivity contribution in [1.29, 1.82) is 0 Å². The molecule has 0 unspecified atom stereocenters. The molecule has 1 amide bonds. The van der Waals surface area contributed by atoms with E-state index in [4.69, 9.17) is 14.5 Å². The molecule has 10 nitrogen and oxygen atoms in total. The van der Waals surface area contributed by atoms with E-state index in [0.29, 0.717) is 37.6 Å². The molecule has 0 bridgehead atoms. The molecule has 6 rings (SSSR count). The molecule has 1 saturated heterocycles. The van der Waals surface area contributed by atoms with Crippen LogP contribution < -0.4 is 9.80 Å². The average molecular weight is 460 g/mol. The zero-order valence-electron chi connectivity index (χ0n) is 18.8. The van der Waals surface area contributed by atoms with Crippen molar-refractivity contribution in [2.75, 3.05) is 36.1 Å². The third-order valence-electron chi connectivity index (χ3n) is 6.39. The van der Waals surface area contributed by atoms with Crippen LogP contribution in [-0.2, 0) is 22.5 Å². The topological polar surface area (TPSA) is 101 Å². The van der Waals surface area contributed by atoms with E-state index in [-0.39, 0.29) is 18.7 Å². The first kappa shape index (κ1) is 20.7. The highest BCUT2D eigenvalue weighted by atomic mass is 16.6. The summed E-state index contributed by atoms with van der Waals surface area (Å²) in [4.78, 5) is 22.3. The van der Waals surface area contributed by atoms with Gasteiger partial charge in [0.2, 0.25) is 0 Å². The summed E-state index contributed by atoms with van der Waals surface area (Å²) in [5, 5.41) is 12.5. The number of aromatic nitrogens is 5. The van der Waals surface area contributed by atoms with Gasteiger partial charge in [-0.05, 0) is 18.9 Å². The van der Waals surface area contributed by atoms with Gasteiger partial charge in [-0.2, -0.15) is 14.9 Å². The van der Waals surface area contributed by atoms with E-state index in [2.05, 4.69) is 27.1 Å². The fourth-order valence-electron chi connectivity index (χ4n) is 4.72. The Labute approximate surface area is 196 Å². The van der Waals surface area contributed by atoms with Crippen LogP contribution in [-0.4, -0.2) is 63.4 Å². The van der Waals surface area contributed by atoms with Crippen LogP contribution in [0.25, 0.3) is 16.9 Å². The molecule has 1 atom stereocenters. The Kier molecular flexibility index (Phi) is 5.14. The molecule has 1 fully saturated rings. The molecule has 34 heavy (non-hydrogen) atoms. The van der Waals surface area contributed by atoms with Crippen LogP contribution in [0.3, 0.4) is 0 Å². The molecule has 0 spiro atoms. The molecule has 10 heteroatoms. The van der Waals surface area contributed by atoms with Crippen LogP contribution in [0.2, 0.25) is 0 Å². The Bertz CT molecular complexity index is 1320. The van der Waals surface area contributed by atoms with Crippen molar-refractivity contribution in [1.82, 2.24) is 25.0 Å². The smallest absolute Gasteiger partial charge is 0.414 e. The molecule has 4 aromatic rings. The summed E-state index contributed by atoms with van der Waals surface area (Å²) in [6.07, 6.45) is 3.83. The molecule has 3 aromatic heterocycles. The Balaban J connectivity index is 1.43. The zero-order chi connectivity index (χ0) is 23.1. The van der Waals surface area contributed by atoms with Crippen molar-refractivity contribution in [3.63, 3.8) is 0 Å². The lowest BCUT2D eigenvalue weighted by molar-refractivity contribution is 0.0985. The Morgan fingerprint density at radius 1 is 1.24 bits per heavy atom. The second-order valence-corrected chi connectivity index (χ2v) is 8.55. The predicted molar refractivity (Wildman–Crippen MR) is 126 cm³/mol. The minimum atomic E-state index is -0.372. The maximum atomic E-state index is 13.2. The highest BCUT2D eigenvalue weighted by molar-refractivity contribution is 6.04. The number of H-pyrrole nitrogens is 1. The van der Waals surface area contributed by atoms with E-state index in [0.717, 1.165) is 34.6 Å². The standard InChI is InChI=1S/C24H25N7O3/c1-16-14-33-12-11-29(16)22-18-8-10-30(24(32)34-15-17-5-3-2-4-6-17)21(18)19-13-26-31(23(19)27-22)20-7-9-25-28-20/h2-7,9,13,16H,8,10-12,14-15H2,1H3,(H,25,28)/t16-/m1/s1. The number of rotatable bonds is 4. The van der Waals surface area contributed by atoms with Crippen LogP contribution in [0.1, 0.15) is 18.1 Å². The number of hydrogen-bond donors (Lipinski definition) is 1. The first-order chi connectivity index (χ1) is 16.7. The largest absolute Gasteiger partial charge is 0.444 e. The number of nitrogens with zero attached hydrogens (tertiary/aromatic N) is 6. The summed E-state index contributed by atoms with van der Waals surface area (Å²) < 4.78 is 13.0. The molecule has 0 saturated carbocycles. The van der Waals surface area contributed by atoms with E-state index in [1.807, 2.05) is 36.4 Å². The van der Waals surface area contributed by atoms with E-state index < -0.39 is 0 Å². The first-order valence-corrected chi connectivity index (χ1v) is 11.4. The number of anilines is 2. The molecule has 1 aromatic carbocycles. The van der Waals surface area contributed by atoms with Crippen molar-refractivity contribution in [2.45, 2.75) is 26.0 Å². The van der Waals surface area contributed by atoms with Crippen molar-refractivity contribution in [2.24, 2.45) is 0 Å². The maximum Gasteiger partial charge on any atom is 0.414 e. The lowest BCUT2D eigenvalue weighted by Gasteiger charge is -2.35. The van der Waals surface area contributed by atoms with Crippen LogP contribution in [0.5, 0.6) is 0 Å². The Hall–Kier alpha value is -3.92. The molecule has 2 aliphatic heterocycles. The summed E-state index contributed by atoms with van der Waals surface area (Å²) in [5.74, 6) is 1.51.